The van der Waals surface area contributed by atoms with E-state index in [0.29, 0.717) is 5.88 Å². The summed E-state index contributed by atoms with van der Waals surface area (Å²) in [4.78, 5) is 0. The van der Waals surface area contributed by atoms with Crippen molar-refractivity contribution in [3.8, 4) is 0 Å². The van der Waals surface area contributed by atoms with Gasteiger partial charge in [-0.05, 0) is 23.3 Å². The van der Waals surface area contributed by atoms with E-state index in [1.165, 1.54) is 5.57 Å². The molecule has 0 aliphatic heterocycles. The first-order valence-corrected chi connectivity index (χ1v) is 5.88. The van der Waals surface area contributed by atoms with Crippen LogP contribution in [0.5, 0.6) is 0 Å². The van der Waals surface area contributed by atoms with Gasteiger partial charge in [-0.25, -0.2) is 0 Å². The number of rotatable bonds is 3. The zero-order valence-electron chi connectivity index (χ0n) is 6.93. The molecule has 0 aliphatic rings. The topological polar surface area (TPSA) is 0 Å². The van der Waals surface area contributed by atoms with Gasteiger partial charge in [-0.1, -0.05) is 45.7 Å². The summed E-state index contributed by atoms with van der Waals surface area (Å²) < 4.78 is 0. The lowest BCUT2D eigenvalue weighted by atomic mass is 10.1. The highest BCUT2D eigenvalue weighted by atomic mass is 79.9. The fraction of sp³-hybridized carbons (Fsp3) is 0.200. The van der Waals surface area contributed by atoms with E-state index in [9.17, 15) is 0 Å². The molecule has 0 unspecified atom stereocenters. The van der Waals surface area contributed by atoms with Crippen molar-refractivity contribution in [3.63, 3.8) is 0 Å². The van der Waals surface area contributed by atoms with Gasteiger partial charge in [0, 0.05) is 16.2 Å². The molecule has 3 heteroatoms. The van der Waals surface area contributed by atoms with Crippen molar-refractivity contribution in [2.24, 2.45) is 0 Å². The van der Waals surface area contributed by atoms with Gasteiger partial charge in [0.15, 0.2) is 0 Å². The molecular weight excluding hydrogens is 271 g/mol. The molecule has 13 heavy (non-hydrogen) atoms. The summed E-state index contributed by atoms with van der Waals surface area (Å²) >= 11 is 14.8. The Morgan fingerprint density at radius 2 is 1.92 bits per heavy atom. The molecule has 0 spiro atoms. The molecular formula is C10H9BrCl2. The lowest BCUT2D eigenvalue weighted by Crippen LogP contribution is -1.85. The fourth-order valence-corrected chi connectivity index (χ4v) is 1.87. The van der Waals surface area contributed by atoms with Crippen LogP contribution in [0.15, 0.2) is 30.3 Å². The predicted molar refractivity (Wildman–Crippen MR) is 63.9 cm³/mol. The average molecular weight is 280 g/mol. The Bertz CT molecular complexity index is 290. The maximum atomic E-state index is 5.78. The zero-order valence-corrected chi connectivity index (χ0v) is 10.0. The molecule has 0 aromatic heterocycles. The van der Waals surface area contributed by atoms with Gasteiger partial charge in [-0.15, -0.1) is 11.6 Å². The summed E-state index contributed by atoms with van der Waals surface area (Å²) in [5.74, 6) is 0.531. The van der Waals surface area contributed by atoms with E-state index in [2.05, 4.69) is 15.9 Å². The van der Waals surface area contributed by atoms with Gasteiger partial charge < -0.3 is 0 Å². The molecule has 1 aromatic carbocycles. The van der Waals surface area contributed by atoms with Gasteiger partial charge in [0.25, 0.3) is 0 Å². The van der Waals surface area contributed by atoms with E-state index in [-0.39, 0.29) is 0 Å². The van der Waals surface area contributed by atoms with Crippen LogP contribution in [0.3, 0.4) is 0 Å². The van der Waals surface area contributed by atoms with Crippen molar-refractivity contribution in [3.05, 3.63) is 40.9 Å². The third kappa shape index (κ3) is 3.34. The van der Waals surface area contributed by atoms with Crippen molar-refractivity contribution in [2.75, 3.05) is 11.2 Å². The highest BCUT2D eigenvalue weighted by molar-refractivity contribution is 9.09. The minimum absolute atomic E-state index is 0.531. The van der Waals surface area contributed by atoms with Crippen molar-refractivity contribution in [1.82, 2.24) is 0 Å². The summed E-state index contributed by atoms with van der Waals surface area (Å²) in [6, 6.07) is 7.73. The zero-order chi connectivity index (χ0) is 9.68. The lowest BCUT2D eigenvalue weighted by Gasteiger charge is -2.03. The van der Waals surface area contributed by atoms with Crippen molar-refractivity contribution in [2.45, 2.75) is 0 Å². The number of benzene rings is 1. The highest BCUT2D eigenvalue weighted by Crippen LogP contribution is 2.19. The Kier molecular flexibility index (Phi) is 4.86. The molecule has 0 saturated heterocycles. The van der Waals surface area contributed by atoms with Gasteiger partial charge >= 0.3 is 0 Å². The maximum Gasteiger partial charge on any atom is 0.0410 e. The first-order valence-electron chi connectivity index (χ1n) is 3.85. The normalized spacial score (nSPS) is 11.8. The molecule has 1 aromatic rings. The van der Waals surface area contributed by atoms with Gasteiger partial charge in [-0.3, -0.25) is 0 Å². The standard InChI is InChI=1S/C10H9BrCl2/c11-7-9(5-6-12)8-1-3-10(13)4-2-8/h1-5H,6-7H2/b9-5+. The number of allylic oxidation sites excluding steroid dienone is 2. The Morgan fingerprint density at radius 3 is 2.38 bits per heavy atom. The molecule has 0 atom stereocenters. The van der Waals surface area contributed by atoms with Crippen LogP contribution in [0.2, 0.25) is 5.02 Å². The van der Waals surface area contributed by atoms with Crippen LogP contribution in [-0.2, 0) is 0 Å². The van der Waals surface area contributed by atoms with Crippen LogP contribution in [0.1, 0.15) is 5.56 Å². The van der Waals surface area contributed by atoms with Crippen molar-refractivity contribution < 1.29 is 0 Å². The van der Waals surface area contributed by atoms with E-state index in [4.69, 9.17) is 23.2 Å². The molecule has 70 valence electrons. The Morgan fingerprint density at radius 1 is 1.31 bits per heavy atom. The summed E-state index contributed by atoms with van der Waals surface area (Å²) in [6.07, 6.45) is 1.99. The Balaban J connectivity index is 2.92. The smallest absolute Gasteiger partial charge is 0.0410 e. The molecule has 0 radical (unpaired) electrons. The van der Waals surface area contributed by atoms with E-state index in [1.807, 2.05) is 30.3 Å². The second-order valence-corrected chi connectivity index (χ2v) is 3.83. The second-order valence-electron chi connectivity index (χ2n) is 2.52. The van der Waals surface area contributed by atoms with E-state index < -0.39 is 0 Å². The van der Waals surface area contributed by atoms with Crippen molar-refractivity contribution in [1.29, 1.82) is 0 Å². The second kappa shape index (κ2) is 5.69. The summed E-state index contributed by atoms with van der Waals surface area (Å²) in [5, 5.41) is 1.56. The average Bonchev–Trinajstić information content (AvgIpc) is 2.16. The number of hydrogen-bond donors (Lipinski definition) is 0. The molecule has 0 amide bonds. The van der Waals surface area contributed by atoms with E-state index in [1.54, 1.807) is 0 Å². The molecule has 0 bridgehead atoms. The summed E-state index contributed by atoms with van der Waals surface area (Å²) in [5.41, 5.74) is 2.34. The number of alkyl halides is 2. The number of halogens is 3. The van der Waals surface area contributed by atoms with Crippen LogP contribution in [0.25, 0.3) is 5.57 Å². The third-order valence-corrected chi connectivity index (χ3v) is 2.69. The maximum absolute atomic E-state index is 5.78. The van der Waals surface area contributed by atoms with Crippen LogP contribution in [0.4, 0.5) is 0 Å². The summed E-state index contributed by atoms with van der Waals surface area (Å²) in [6.45, 7) is 0. The Labute approximate surface area is 96.7 Å². The molecule has 0 saturated carbocycles. The van der Waals surface area contributed by atoms with Gasteiger partial charge in [0.2, 0.25) is 0 Å². The van der Waals surface area contributed by atoms with Crippen LogP contribution in [0, 0.1) is 0 Å². The summed E-state index contributed by atoms with van der Waals surface area (Å²) in [7, 11) is 0. The van der Waals surface area contributed by atoms with Crippen molar-refractivity contribution >= 4 is 44.7 Å². The molecule has 0 aliphatic carbocycles. The third-order valence-electron chi connectivity index (χ3n) is 1.68. The monoisotopic (exact) mass is 278 g/mol. The first-order chi connectivity index (χ1) is 6.27. The molecule has 1 rings (SSSR count). The van der Waals surface area contributed by atoms with Gasteiger partial charge in [0.1, 0.15) is 0 Å². The van der Waals surface area contributed by atoms with Crippen LogP contribution >= 0.6 is 39.1 Å². The van der Waals surface area contributed by atoms with Gasteiger partial charge in [0.05, 0.1) is 0 Å². The molecule has 0 nitrogen and oxygen atoms in total. The van der Waals surface area contributed by atoms with E-state index >= 15 is 0 Å². The SMILES string of the molecule is ClC/C=C(\CBr)c1ccc(Cl)cc1. The fourth-order valence-electron chi connectivity index (χ4n) is 1.01. The van der Waals surface area contributed by atoms with Crippen LogP contribution < -0.4 is 0 Å². The van der Waals surface area contributed by atoms with Gasteiger partial charge in [-0.2, -0.15) is 0 Å². The largest absolute Gasteiger partial charge is 0.122 e. The minimum Gasteiger partial charge on any atom is -0.122 e. The predicted octanol–water partition coefficient (Wildman–Crippen LogP) is 4.36. The highest BCUT2D eigenvalue weighted by Gasteiger charge is 1.98. The van der Waals surface area contributed by atoms with E-state index in [0.717, 1.165) is 15.9 Å². The molecule has 0 fully saturated rings. The molecule has 0 heterocycles. The Hall–Kier alpha value is 0.0200. The quantitative estimate of drug-likeness (QED) is 0.722. The minimum atomic E-state index is 0.531. The molecule has 0 N–H and O–H groups in total. The van der Waals surface area contributed by atoms with Crippen LogP contribution in [-0.4, -0.2) is 11.2 Å². The first kappa shape index (κ1) is 11.1. The number of hydrogen-bond acceptors (Lipinski definition) is 0. The lowest BCUT2D eigenvalue weighted by molar-refractivity contribution is 1.56.